The number of thioether (sulfide) groups is 1. The predicted octanol–water partition coefficient (Wildman–Crippen LogP) is 5.68. The largest absolute Gasteiger partial charge is 0.507 e. The van der Waals surface area contributed by atoms with Crippen LogP contribution in [0.4, 0.5) is 11.4 Å². The summed E-state index contributed by atoms with van der Waals surface area (Å²) in [4.78, 5) is 14.3. The van der Waals surface area contributed by atoms with E-state index in [1.807, 2.05) is 6.92 Å². The zero-order chi connectivity index (χ0) is 18.7. The minimum Gasteiger partial charge on any atom is -0.507 e. The van der Waals surface area contributed by atoms with Gasteiger partial charge in [0.05, 0.1) is 16.3 Å². The van der Waals surface area contributed by atoms with Crippen LogP contribution in [0.5, 0.6) is 5.75 Å². The summed E-state index contributed by atoms with van der Waals surface area (Å²) in [6.45, 7) is 2.38. The number of aromatic hydroxyl groups is 1. The first-order chi connectivity index (χ1) is 12.5. The molecule has 8 heteroatoms. The van der Waals surface area contributed by atoms with Gasteiger partial charge < -0.3 is 5.11 Å². The van der Waals surface area contributed by atoms with Gasteiger partial charge in [-0.25, -0.2) is 0 Å². The molecule has 2 aromatic carbocycles. The van der Waals surface area contributed by atoms with Gasteiger partial charge in [0.1, 0.15) is 10.1 Å². The Hall–Kier alpha value is -2.22. The van der Waals surface area contributed by atoms with Crippen LogP contribution in [0.15, 0.2) is 57.6 Å². The second kappa shape index (κ2) is 7.99. The number of phenols is 1. The number of phenolic OH excluding ortho intramolecular Hbond substituents is 1. The van der Waals surface area contributed by atoms with Crippen molar-refractivity contribution >= 4 is 63.3 Å². The summed E-state index contributed by atoms with van der Waals surface area (Å²) in [5.41, 5.74) is 1.64. The van der Waals surface area contributed by atoms with E-state index in [9.17, 15) is 9.90 Å². The fourth-order valence-corrected chi connectivity index (χ4v) is 3.85. The molecule has 0 aromatic heterocycles. The Morgan fingerprint density at radius 3 is 2.62 bits per heavy atom. The van der Waals surface area contributed by atoms with Crippen molar-refractivity contribution < 1.29 is 9.90 Å². The molecule has 0 unspecified atom stereocenters. The smallest absolute Gasteiger partial charge is 0.266 e. The zero-order valence-corrected chi connectivity index (χ0v) is 16.1. The van der Waals surface area contributed by atoms with E-state index in [1.54, 1.807) is 42.5 Å². The highest BCUT2D eigenvalue weighted by atomic mass is 35.5. The van der Waals surface area contributed by atoms with E-state index in [4.69, 9.17) is 23.8 Å². The number of nitrogens with zero attached hydrogens (tertiary/aromatic N) is 3. The van der Waals surface area contributed by atoms with Gasteiger partial charge in [-0.2, -0.15) is 10.2 Å². The van der Waals surface area contributed by atoms with Crippen LogP contribution in [0.1, 0.15) is 12.5 Å². The van der Waals surface area contributed by atoms with Gasteiger partial charge in [0.2, 0.25) is 0 Å². The molecule has 1 amide bonds. The van der Waals surface area contributed by atoms with Gasteiger partial charge in [-0.05, 0) is 49.4 Å². The Morgan fingerprint density at radius 1 is 1.23 bits per heavy atom. The normalized spacial score (nSPS) is 16.2. The van der Waals surface area contributed by atoms with Crippen LogP contribution < -0.4 is 0 Å². The summed E-state index contributed by atoms with van der Waals surface area (Å²) in [5.74, 6) is -0.110. The zero-order valence-electron chi connectivity index (χ0n) is 13.7. The van der Waals surface area contributed by atoms with Crippen molar-refractivity contribution in [2.75, 3.05) is 6.54 Å². The molecule has 0 spiro atoms. The monoisotopic (exact) mass is 403 g/mol. The molecule has 0 saturated carbocycles. The lowest BCUT2D eigenvalue weighted by atomic mass is 10.1. The maximum Gasteiger partial charge on any atom is 0.266 e. The third kappa shape index (κ3) is 4.12. The molecule has 1 aliphatic heterocycles. The summed E-state index contributed by atoms with van der Waals surface area (Å²) in [6.07, 6.45) is 1.61. The van der Waals surface area contributed by atoms with Crippen LogP contribution in [-0.4, -0.2) is 26.8 Å². The summed E-state index contributed by atoms with van der Waals surface area (Å²) < 4.78 is 0.514. The number of halogens is 1. The first kappa shape index (κ1) is 18.6. The SMILES string of the molecule is CCN1C(=O)/C(=C/c2cc(N=Nc3cccc(Cl)c3)ccc2O)SC1=S. The fourth-order valence-electron chi connectivity index (χ4n) is 2.29. The number of azo groups is 1. The highest BCUT2D eigenvalue weighted by molar-refractivity contribution is 8.26. The van der Waals surface area contributed by atoms with Crippen LogP contribution in [0.3, 0.4) is 0 Å². The van der Waals surface area contributed by atoms with E-state index in [0.717, 1.165) is 0 Å². The quantitative estimate of drug-likeness (QED) is 0.405. The molecular weight excluding hydrogens is 390 g/mol. The predicted molar refractivity (Wildman–Crippen MR) is 109 cm³/mol. The number of amides is 1. The molecule has 1 heterocycles. The number of hydrogen-bond donors (Lipinski definition) is 1. The molecule has 2 aromatic rings. The highest BCUT2D eigenvalue weighted by Crippen LogP contribution is 2.35. The number of likely N-dealkylation sites (N-methyl/N-ethyl adjacent to an activating group) is 1. The van der Waals surface area contributed by atoms with Gasteiger partial charge in [-0.3, -0.25) is 9.69 Å². The lowest BCUT2D eigenvalue weighted by Gasteiger charge is -2.09. The van der Waals surface area contributed by atoms with Crippen LogP contribution in [-0.2, 0) is 4.79 Å². The molecule has 1 aliphatic rings. The second-order valence-electron chi connectivity index (χ2n) is 5.35. The molecule has 132 valence electrons. The fraction of sp³-hybridized carbons (Fsp3) is 0.111. The molecule has 1 fully saturated rings. The first-order valence-electron chi connectivity index (χ1n) is 7.73. The lowest BCUT2D eigenvalue weighted by molar-refractivity contribution is -0.121. The molecule has 0 radical (unpaired) electrons. The highest BCUT2D eigenvalue weighted by Gasteiger charge is 2.30. The van der Waals surface area contributed by atoms with E-state index in [2.05, 4.69) is 10.2 Å². The molecule has 26 heavy (non-hydrogen) atoms. The molecule has 0 bridgehead atoms. The third-order valence-corrected chi connectivity index (χ3v) is 5.19. The number of hydrogen-bond acceptors (Lipinski definition) is 6. The topological polar surface area (TPSA) is 65.3 Å². The van der Waals surface area contributed by atoms with Gasteiger partial charge >= 0.3 is 0 Å². The van der Waals surface area contributed by atoms with Gasteiger partial charge in [0.25, 0.3) is 5.91 Å². The van der Waals surface area contributed by atoms with Crippen molar-refractivity contribution in [3.63, 3.8) is 0 Å². The van der Waals surface area contributed by atoms with Gasteiger partial charge in [0, 0.05) is 17.1 Å². The molecule has 0 aliphatic carbocycles. The van der Waals surface area contributed by atoms with Crippen molar-refractivity contribution in [2.45, 2.75) is 6.92 Å². The Morgan fingerprint density at radius 2 is 1.96 bits per heavy atom. The number of carbonyl (C=O) groups excluding carboxylic acids is 1. The van der Waals surface area contributed by atoms with E-state index >= 15 is 0 Å². The van der Waals surface area contributed by atoms with Crippen molar-refractivity contribution in [3.05, 3.63) is 58.0 Å². The van der Waals surface area contributed by atoms with Gasteiger partial charge in [-0.1, -0.05) is 41.6 Å². The summed E-state index contributed by atoms with van der Waals surface area (Å²) >= 11 is 12.3. The van der Waals surface area contributed by atoms with Crippen LogP contribution in [0, 0.1) is 0 Å². The Balaban J connectivity index is 1.88. The van der Waals surface area contributed by atoms with Crippen LogP contribution >= 0.6 is 35.6 Å². The van der Waals surface area contributed by atoms with E-state index in [1.165, 1.54) is 22.7 Å². The second-order valence-corrected chi connectivity index (χ2v) is 7.46. The summed E-state index contributed by atoms with van der Waals surface area (Å²) in [6, 6.07) is 11.8. The van der Waals surface area contributed by atoms with E-state index in [-0.39, 0.29) is 11.7 Å². The van der Waals surface area contributed by atoms with Crippen molar-refractivity contribution in [3.8, 4) is 5.75 Å². The van der Waals surface area contributed by atoms with Crippen molar-refractivity contribution in [1.82, 2.24) is 4.90 Å². The standard InChI is InChI=1S/C18H14ClN3O2S2/c1-2-22-17(24)16(26-18(22)25)9-11-8-14(6-7-15(11)23)21-20-13-5-3-4-12(19)10-13/h3-10,23H,2H2,1H3/b16-9-,21-20?. The Bertz CT molecular complexity index is 944. The summed E-state index contributed by atoms with van der Waals surface area (Å²) in [7, 11) is 0. The lowest BCUT2D eigenvalue weighted by Crippen LogP contribution is -2.27. The molecule has 1 N–H and O–H groups in total. The average Bonchev–Trinajstić information content (AvgIpc) is 2.88. The van der Waals surface area contributed by atoms with E-state index in [0.29, 0.717) is 37.7 Å². The maximum absolute atomic E-state index is 12.3. The van der Waals surface area contributed by atoms with Gasteiger partial charge in [0.15, 0.2) is 0 Å². The van der Waals surface area contributed by atoms with Crippen molar-refractivity contribution in [2.24, 2.45) is 10.2 Å². The molecule has 5 nitrogen and oxygen atoms in total. The van der Waals surface area contributed by atoms with Crippen LogP contribution in [0.2, 0.25) is 5.02 Å². The van der Waals surface area contributed by atoms with E-state index < -0.39 is 0 Å². The number of carbonyl (C=O) groups is 1. The number of benzene rings is 2. The van der Waals surface area contributed by atoms with Crippen molar-refractivity contribution in [1.29, 1.82) is 0 Å². The number of thiocarbonyl (C=S) groups is 1. The van der Waals surface area contributed by atoms with Crippen LogP contribution in [0.25, 0.3) is 6.08 Å². The average molecular weight is 404 g/mol. The number of rotatable bonds is 4. The first-order valence-corrected chi connectivity index (χ1v) is 9.34. The third-order valence-electron chi connectivity index (χ3n) is 3.58. The molecular formula is C18H14ClN3O2S2. The minimum atomic E-state index is -0.159. The minimum absolute atomic E-state index is 0.0495. The Kier molecular flexibility index (Phi) is 5.70. The van der Waals surface area contributed by atoms with Gasteiger partial charge in [-0.15, -0.1) is 0 Å². The molecule has 0 atom stereocenters. The Labute approximate surface area is 165 Å². The molecule has 1 saturated heterocycles. The molecule has 3 rings (SSSR count). The summed E-state index contributed by atoms with van der Waals surface area (Å²) in [5, 5.41) is 19.0. The maximum atomic E-state index is 12.3.